The number of hydrogen-bond donors (Lipinski definition) is 0. The molecule has 0 saturated heterocycles. The smallest absolute Gasteiger partial charge is 0.107 e. The van der Waals surface area contributed by atoms with Crippen molar-refractivity contribution in [2.45, 2.75) is 0 Å². The molecule has 0 fully saturated rings. The lowest BCUT2D eigenvalue weighted by atomic mass is 10.2. The second-order valence-corrected chi connectivity index (χ2v) is 5.17. The second kappa shape index (κ2) is 3.67. The average Bonchev–Trinajstić information content (AvgIpc) is 2.06. The standard InChI is InChI=1S/C9H4Br3N/c10-5-1-2-8-6(3-5)7(11)4-9(12)13-8/h1-4H. The van der Waals surface area contributed by atoms with Crippen molar-refractivity contribution in [3.8, 4) is 0 Å². The molecular weight excluding hydrogens is 362 g/mol. The Morgan fingerprint density at radius 1 is 1.00 bits per heavy atom. The van der Waals surface area contributed by atoms with Gasteiger partial charge in [0, 0.05) is 14.3 Å². The molecule has 13 heavy (non-hydrogen) atoms. The van der Waals surface area contributed by atoms with Gasteiger partial charge in [0.2, 0.25) is 0 Å². The fourth-order valence-corrected chi connectivity index (χ4v) is 2.75. The summed E-state index contributed by atoms with van der Waals surface area (Å²) in [5.74, 6) is 0. The Morgan fingerprint density at radius 3 is 2.54 bits per heavy atom. The van der Waals surface area contributed by atoms with E-state index in [1.165, 1.54) is 0 Å². The predicted molar refractivity (Wildman–Crippen MR) is 64.8 cm³/mol. The summed E-state index contributed by atoms with van der Waals surface area (Å²) < 4.78 is 2.95. The van der Waals surface area contributed by atoms with Crippen molar-refractivity contribution < 1.29 is 0 Å². The Balaban J connectivity index is 2.87. The highest BCUT2D eigenvalue weighted by Gasteiger charge is 2.02. The van der Waals surface area contributed by atoms with Crippen LogP contribution in [-0.4, -0.2) is 4.98 Å². The number of fused-ring (bicyclic) bond motifs is 1. The summed E-state index contributed by atoms with van der Waals surface area (Å²) in [5.41, 5.74) is 0.976. The number of benzene rings is 1. The minimum absolute atomic E-state index is 0.842. The molecule has 2 rings (SSSR count). The topological polar surface area (TPSA) is 12.9 Å². The fourth-order valence-electron chi connectivity index (χ4n) is 1.13. The van der Waals surface area contributed by atoms with Crippen molar-refractivity contribution in [1.29, 1.82) is 0 Å². The van der Waals surface area contributed by atoms with Crippen LogP contribution in [0.1, 0.15) is 0 Å². The molecule has 0 aliphatic rings. The summed E-state index contributed by atoms with van der Waals surface area (Å²) in [6.07, 6.45) is 0. The molecule has 66 valence electrons. The van der Waals surface area contributed by atoms with Crippen molar-refractivity contribution in [3.63, 3.8) is 0 Å². The van der Waals surface area contributed by atoms with Crippen LogP contribution in [0.5, 0.6) is 0 Å². The van der Waals surface area contributed by atoms with Gasteiger partial charge >= 0.3 is 0 Å². The van der Waals surface area contributed by atoms with Crippen molar-refractivity contribution in [2.75, 3.05) is 0 Å². The van der Waals surface area contributed by atoms with Gasteiger partial charge in [-0.05, 0) is 56.1 Å². The predicted octanol–water partition coefficient (Wildman–Crippen LogP) is 4.52. The van der Waals surface area contributed by atoms with Crippen LogP contribution in [0.4, 0.5) is 0 Å². The normalized spacial score (nSPS) is 10.7. The minimum Gasteiger partial charge on any atom is -0.241 e. The number of rotatable bonds is 0. The molecule has 1 nitrogen and oxygen atoms in total. The Morgan fingerprint density at radius 2 is 1.77 bits per heavy atom. The molecule has 0 bridgehead atoms. The SMILES string of the molecule is Brc1ccc2nc(Br)cc(Br)c2c1. The van der Waals surface area contributed by atoms with Crippen LogP contribution in [0.25, 0.3) is 10.9 Å². The molecule has 0 spiro atoms. The van der Waals surface area contributed by atoms with Gasteiger partial charge in [-0.15, -0.1) is 0 Å². The third-order valence-corrected chi connectivity index (χ3v) is 3.24. The molecule has 0 aliphatic carbocycles. The van der Waals surface area contributed by atoms with Crippen LogP contribution < -0.4 is 0 Å². The van der Waals surface area contributed by atoms with E-state index < -0.39 is 0 Å². The molecule has 0 aliphatic heterocycles. The third-order valence-electron chi connectivity index (χ3n) is 1.69. The van der Waals surface area contributed by atoms with Crippen LogP contribution in [0.2, 0.25) is 0 Å². The van der Waals surface area contributed by atoms with E-state index in [1.807, 2.05) is 24.3 Å². The molecule has 0 unspecified atom stereocenters. The monoisotopic (exact) mass is 363 g/mol. The highest BCUT2D eigenvalue weighted by atomic mass is 79.9. The Bertz CT molecular complexity index is 468. The largest absolute Gasteiger partial charge is 0.241 e. The van der Waals surface area contributed by atoms with Gasteiger partial charge in [-0.25, -0.2) is 4.98 Å². The van der Waals surface area contributed by atoms with Gasteiger partial charge in [-0.2, -0.15) is 0 Å². The Labute approximate surface area is 101 Å². The number of hydrogen-bond acceptors (Lipinski definition) is 1. The Hall–Kier alpha value is 0.0700. The maximum absolute atomic E-state index is 4.34. The maximum Gasteiger partial charge on any atom is 0.107 e. The molecular formula is C9H4Br3N. The lowest BCUT2D eigenvalue weighted by Crippen LogP contribution is -1.81. The van der Waals surface area contributed by atoms with E-state index in [4.69, 9.17) is 0 Å². The average molecular weight is 366 g/mol. The van der Waals surface area contributed by atoms with E-state index in [9.17, 15) is 0 Å². The van der Waals surface area contributed by atoms with Gasteiger partial charge in [0.25, 0.3) is 0 Å². The highest BCUT2D eigenvalue weighted by Crippen LogP contribution is 2.27. The van der Waals surface area contributed by atoms with Crippen molar-refractivity contribution in [3.05, 3.63) is 37.8 Å². The van der Waals surface area contributed by atoms with Gasteiger partial charge in [0.05, 0.1) is 5.52 Å². The summed E-state index contributed by atoms with van der Waals surface area (Å²) in [6.45, 7) is 0. The Kier molecular flexibility index (Phi) is 2.72. The van der Waals surface area contributed by atoms with Gasteiger partial charge < -0.3 is 0 Å². The molecule has 0 saturated carbocycles. The van der Waals surface area contributed by atoms with Crippen molar-refractivity contribution in [1.82, 2.24) is 4.98 Å². The zero-order valence-corrected chi connectivity index (χ0v) is 11.1. The first-order valence-corrected chi connectivity index (χ1v) is 5.96. The van der Waals surface area contributed by atoms with Crippen molar-refractivity contribution in [2.24, 2.45) is 0 Å². The van der Waals surface area contributed by atoms with Gasteiger partial charge in [0.15, 0.2) is 0 Å². The van der Waals surface area contributed by atoms with Crippen LogP contribution in [-0.2, 0) is 0 Å². The molecule has 2 aromatic rings. The second-order valence-electron chi connectivity index (χ2n) is 2.59. The first-order chi connectivity index (χ1) is 6.16. The number of halogens is 3. The van der Waals surface area contributed by atoms with E-state index in [2.05, 4.69) is 52.8 Å². The zero-order chi connectivity index (χ0) is 9.42. The van der Waals surface area contributed by atoms with Gasteiger partial charge in [0.1, 0.15) is 4.60 Å². The summed E-state index contributed by atoms with van der Waals surface area (Å²) in [6, 6.07) is 7.94. The van der Waals surface area contributed by atoms with E-state index in [1.54, 1.807) is 0 Å². The van der Waals surface area contributed by atoms with Gasteiger partial charge in [-0.1, -0.05) is 15.9 Å². The number of aromatic nitrogens is 1. The van der Waals surface area contributed by atoms with Gasteiger partial charge in [-0.3, -0.25) is 0 Å². The summed E-state index contributed by atoms with van der Waals surface area (Å²) in [5, 5.41) is 1.11. The molecule has 1 heterocycles. The third kappa shape index (κ3) is 1.95. The summed E-state index contributed by atoms with van der Waals surface area (Å²) in [7, 11) is 0. The summed E-state index contributed by atoms with van der Waals surface area (Å²) >= 11 is 10.3. The first-order valence-electron chi connectivity index (χ1n) is 3.58. The lowest BCUT2D eigenvalue weighted by molar-refractivity contribution is 1.34. The fraction of sp³-hybridized carbons (Fsp3) is 0. The molecule has 1 aromatic carbocycles. The zero-order valence-electron chi connectivity index (χ0n) is 6.39. The highest BCUT2D eigenvalue weighted by molar-refractivity contribution is 9.11. The molecule has 1 aromatic heterocycles. The summed E-state index contributed by atoms with van der Waals surface area (Å²) in [4.78, 5) is 4.34. The van der Waals surface area contributed by atoms with E-state index in [0.717, 1.165) is 24.5 Å². The minimum atomic E-state index is 0.842. The molecule has 0 N–H and O–H groups in total. The lowest BCUT2D eigenvalue weighted by Gasteiger charge is -2.01. The molecule has 0 radical (unpaired) electrons. The first kappa shape index (κ1) is 9.62. The molecule has 0 atom stereocenters. The van der Waals surface area contributed by atoms with E-state index in [0.29, 0.717) is 0 Å². The molecule has 0 amide bonds. The number of nitrogens with zero attached hydrogens (tertiary/aromatic N) is 1. The quantitative estimate of drug-likeness (QED) is 0.625. The van der Waals surface area contributed by atoms with Crippen LogP contribution >= 0.6 is 47.8 Å². The van der Waals surface area contributed by atoms with Crippen molar-refractivity contribution >= 4 is 58.7 Å². The van der Waals surface area contributed by atoms with E-state index >= 15 is 0 Å². The number of pyridine rings is 1. The maximum atomic E-state index is 4.34. The van der Waals surface area contributed by atoms with E-state index in [-0.39, 0.29) is 0 Å². The van der Waals surface area contributed by atoms with Crippen LogP contribution in [0, 0.1) is 0 Å². The van der Waals surface area contributed by atoms with Crippen LogP contribution in [0.15, 0.2) is 37.8 Å². The molecule has 4 heteroatoms. The van der Waals surface area contributed by atoms with Crippen LogP contribution in [0.3, 0.4) is 0 Å².